The monoisotopic (exact) mass is 301 g/mol. The number of urea groups is 1. The van der Waals surface area contributed by atoms with Crippen LogP contribution in [0.15, 0.2) is 0 Å². The van der Waals surface area contributed by atoms with Gasteiger partial charge >= 0.3 is 18.0 Å². The van der Waals surface area contributed by atoms with Gasteiger partial charge in [0.2, 0.25) is 0 Å². The van der Waals surface area contributed by atoms with Crippen LogP contribution in [0.1, 0.15) is 19.3 Å². The van der Waals surface area contributed by atoms with E-state index in [1.165, 1.54) is 7.11 Å². The summed E-state index contributed by atoms with van der Waals surface area (Å²) in [5.74, 6) is -1.65. The molecule has 1 rings (SSSR count). The summed E-state index contributed by atoms with van der Waals surface area (Å²) < 4.78 is 4.47. The van der Waals surface area contributed by atoms with Gasteiger partial charge in [0.15, 0.2) is 0 Å². The van der Waals surface area contributed by atoms with Gasteiger partial charge in [0.1, 0.15) is 6.04 Å². The Morgan fingerprint density at radius 3 is 2.57 bits per heavy atom. The number of carboxylic acids is 1. The molecule has 2 amide bonds. The Morgan fingerprint density at radius 2 is 2.10 bits per heavy atom. The molecule has 0 spiro atoms. The maximum absolute atomic E-state index is 12.1. The highest BCUT2D eigenvalue weighted by atomic mass is 16.5. The number of hydrogen-bond acceptors (Lipinski definition) is 5. The van der Waals surface area contributed by atoms with E-state index in [1.807, 2.05) is 19.0 Å². The molecule has 0 bridgehead atoms. The lowest BCUT2D eigenvalue weighted by atomic mass is 10.1. The summed E-state index contributed by atoms with van der Waals surface area (Å²) in [7, 11) is 5.13. The topological polar surface area (TPSA) is 99.2 Å². The quantitative estimate of drug-likeness (QED) is 0.656. The second-order valence-corrected chi connectivity index (χ2v) is 5.31. The van der Waals surface area contributed by atoms with E-state index < -0.39 is 24.0 Å². The summed E-state index contributed by atoms with van der Waals surface area (Å²) in [6, 6.07) is -1.21. The van der Waals surface area contributed by atoms with Crippen LogP contribution in [-0.2, 0) is 14.3 Å². The third kappa shape index (κ3) is 5.22. The number of nitrogens with zero attached hydrogens (tertiary/aromatic N) is 2. The summed E-state index contributed by atoms with van der Waals surface area (Å²) in [5, 5.41) is 11.6. The van der Waals surface area contributed by atoms with Crippen molar-refractivity contribution in [3.8, 4) is 0 Å². The number of nitrogens with one attached hydrogen (secondary N) is 1. The number of hydrogen-bond donors (Lipinski definition) is 2. The smallest absolute Gasteiger partial charge is 0.326 e. The fourth-order valence-corrected chi connectivity index (χ4v) is 2.21. The van der Waals surface area contributed by atoms with Crippen molar-refractivity contribution < 1.29 is 24.2 Å². The van der Waals surface area contributed by atoms with Crippen molar-refractivity contribution in [1.29, 1.82) is 0 Å². The Balaban J connectivity index is 2.49. The van der Waals surface area contributed by atoms with Crippen molar-refractivity contribution in [2.45, 2.75) is 31.3 Å². The molecule has 1 aliphatic rings. The number of ether oxygens (including phenoxy) is 1. The van der Waals surface area contributed by atoms with Crippen LogP contribution in [-0.4, -0.2) is 79.3 Å². The van der Waals surface area contributed by atoms with Gasteiger partial charge in [-0.15, -0.1) is 0 Å². The first-order valence-electron chi connectivity index (χ1n) is 6.86. The van der Waals surface area contributed by atoms with Gasteiger partial charge in [-0.1, -0.05) is 0 Å². The van der Waals surface area contributed by atoms with E-state index in [0.29, 0.717) is 13.1 Å². The molecular formula is C13H23N3O5. The molecule has 1 fully saturated rings. The fourth-order valence-electron chi connectivity index (χ4n) is 2.21. The average Bonchev–Trinajstić information content (AvgIpc) is 2.92. The summed E-state index contributed by atoms with van der Waals surface area (Å²) in [6.07, 6.45) is 0.826. The molecule has 8 heteroatoms. The highest BCUT2D eigenvalue weighted by Crippen LogP contribution is 2.13. The van der Waals surface area contributed by atoms with Gasteiger partial charge < -0.3 is 25.0 Å². The van der Waals surface area contributed by atoms with E-state index in [-0.39, 0.29) is 18.9 Å². The standard InChI is InChI=1S/C13H23N3O5/c1-15(2)9-6-7-16(8-9)13(20)14-10(12(18)19)4-5-11(17)21-3/h9-10H,4-8H2,1-3H3,(H,14,20)(H,18,19)/t9?,10-/m1/s1. The minimum absolute atomic E-state index is 0.0126. The molecule has 21 heavy (non-hydrogen) atoms. The molecule has 1 aliphatic heterocycles. The highest BCUT2D eigenvalue weighted by molar-refractivity contribution is 5.83. The zero-order valence-electron chi connectivity index (χ0n) is 12.7. The Bertz CT molecular complexity index is 399. The van der Waals surface area contributed by atoms with Crippen LogP contribution in [0.25, 0.3) is 0 Å². The number of carbonyl (C=O) groups excluding carboxylic acids is 2. The minimum atomic E-state index is -1.16. The zero-order chi connectivity index (χ0) is 16.0. The average molecular weight is 301 g/mol. The van der Waals surface area contributed by atoms with Gasteiger partial charge in [-0.3, -0.25) is 4.79 Å². The normalized spacial score (nSPS) is 19.4. The predicted molar refractivity (Wildman–Crippen MR) is 74.9 cm³/mol. The predicted octanol–water partition coefficient (Wildman–Crippen LogP) is -0.262. The van der Waals surface area contributed by atoms with E-state index in [1.54, 1.807) is 4.90 Å². The number of likely N-dealkylation sites (tertiary alicyclic amines) is 1. The SMILES string of the molecule is COC(=O)CC[C@@H](NC(=O)N1CCC(N(C)C)C1)C(=O)O. The molecule has 120 valence electrons. The minimum Gasteiger partial charge on any atom is -0.480 e. The number of likely N-dealkylation sites (N-methyl/N-ethyl adjacent to an activating group) is 1. The molecular weight excluding hydrogens is 278 g/mol. The molecule has 2 atom stereocenters. The Morgan fingerprint density at radius 1 is 1.43 bits per heavy atom. The summed E-state index contributed by atoms with van der Waals surface area (Å²) >= 11 is 0. The van der Waals surface area contributed by atoms with Crippen molar-refractivity contribution in [1.82, 2.24) is 15.1 Å². The molecule has 1 heterocycles. The van der Waals surface area contributed by atoms with Crippen molar-refractivity contribution >= 4 is 18.0 Å². The number of esters is 1. The molecule has 1 saturated heterocycles. The lowest BCUT2D eigenvalue weighted by Crippen LogP contribution is -2.48. The molecule has 0 aromatic heterocycles. The first-order valence-corrected chi connectivity index (χ1v) is 6.86. The summed E-state index contributed by atoms with van der Waals surface area (Å²) in [5.41, 5.74) is 0. The number of carboxylic acid groups (broad SMARTS) is 1. The number of carbonyl (C=O) groups is 3. The van der Waals surface area contributed by atoms with Gasteiger partial charge in [0, 0.05) is 25.6 Å². The molecule has 8 nitrogen and oxygen atoms in total. The van der Waals surface area contributed by atoms with E-state index in [4.69, 9.17) is 5.11 Å². The van der Waals surface area contributed by atoms with E-state index in [9.17, 15) is 14.4 Å². The van der Waals surface area contributed by atoms with Gasteiger partial charge in [0.05, 0.1) is 7.11 Å². The molecule has 2 N–H and O–H groups in total. The number of amides is 2. The molecule has 0 saturated carbocycles. The van der Waals surface area contributed by atoms with E-state index in [2.05, 4.69) is 10.1 Å². The van der Waals surface area contributed by atoms with Crippen LogP contribution in [0.4, 0.5) is 4.79 Å². The van der Waals surface area contributed by atoms with Gasteiger partial charge in [-0.25, -0.2) is 9.59 Å². The van der Waals surface area contributed by atoms with Crippen LogP contribution in [0.5, 0.6) is 0 Å². The van der Waals surface area contributed by atoms with Gasteiger partial charge in [-0.05, 0) is 26.9 Å². The van der Waals surface area contributed by atoms with Crippen LogP contribution >= 0.6 is 0 Å². The highest BCUT2D eigenvalue weighted by Gasteiger charge is 2.30. The van der Waals surface area contributed by atoms with Crippen LogP contribution < -0.4 is 5.32 Å². The Kier molecular flexibility index (Phi) is 6.41. The first-order chi connectivity index (χ1) is 9.85. The number of methoxy groups -OCH3 is 1. The number of rotatable bonds is 6. The van der Waals surface area contributed by atoms with Crippen LogP contribution in [0.3, 0.4) is 0 Å². The summed E-state index contributed by atoms with van der Waals surface area (Å²) in [4.78, 5) is 37.9. The maximum Gasteiger partial charge on any atom is 0.326 e. The lowest BCUT2D eigenvalue weighted by molar-refractivity contribution is -0.142. The second-order valence-electron chi connectivity index (χ2n) is 5.31. The van der Waals surface area contributed by atoms with E-state index >= 15 is 0 Å². The third-order valence-electron chi connectivity index (χ3n) is 3.64. The fraction of sp³-hybridized carbons (Fsp3) is 0.769. The van der Waals surface area contributed by atoms with Crippen LogP contribution in [0, 0.1) is 0 Å². The Labute approximate surface area is 124 Å². The van der Waals surface area contributed by atoms with Gasteiger partial charge in [0.25, 0.3) is 0 Å². The maximum atomic E-state index is 12.1. The van der Waals surface area contributed by atoms with Crippen molar-refractivity contribution in [2.24, 2.45) is 0 Å². The first kappa shape index (κ1) is 17.2. The zero-order valence-corrected chi connectivity index (χ0v) is 12.7. The second kappa shape index (κ2) is 7.82. The van der Waals surface area contributed by atoms with Crippen LogP contribution in [0.2, 0.25) is 0 Å². The summed E-state index contributed by atoms with van der Waals surface area (Å²) in [6.45, 7) is 1.17. The largest absolute Gasteiger partial charge is 0.480 e. The van der Waals surface area contributed by atoms with Crippen molar-refractivity contribution in [3.05, 3.63) is 0 Å². The molecule has 0 radical (unpaired) electrons. The van der Waals surface area contributed by atoms with E-state index in [0.717, 1.165) is 6.42 Å². The van der Waals surface area contributed by atoms with Crippen molar-refractivity contribution in [3.63, 3.8) is 0 Å². The number of aliphatic carboxylic acids is 1. The molecule has 0 aromatic rings. The Hall–Kier alpha value is -1.83. The van der Waals surface area contributed by atoms with Crippen molar-refractivity contribution in [2.75, 3.05) is 34.3 Å². The molecule has 1 unspecified atom stereocenters. The van der Waals surface area contributed by atoms with Gasteiger partial charge in [-0.2, -0.15) is 0 Å². The molecule has 0 aliphatic carbocycles. The lowest BCUT2D eigenvalue weighted by Gasteiger charge is -2.22. The molecule has 0 aromatic carbocycles. The third-order valence-corrected chi connectivity index (χ3v) is 3.64.